The molecule has 2 N–H and O–H groups in total. The molecule has 1 aliphatic rings. The number of nitrogens with zero attached hydrogens (tertiary/aromatic N) is 1. The Labute approximate surface area is 107 Å². The van der Waals surface area contributed by atoms with Crippen LogP contribution in [0.2, 0.25) is 0 Å². The summed E-state index contributed by atoms with van der Waals surface area (Å²) < 4.78 is 4.74. The zero-order valence-electron chi connectivity index (χ0n) is 9.66. The molecule has 8 nitrogen and oxygen atoms in total. The van der Waals surface area contributed by atoms with Crippen LogP contribution in [0.3, 0.4) is 0 Å². The molecule has 0 bridgehead atoms. The van der Waals surface area contributed by atoms with Crippen LogP contribution in [0.5, 0.6) is 0 Å². The molecule has 1 fully saturated rings. The molecule has 1 aliphatic heterocycles. The second kappa shape index (κ2) is 4.92. The maximum absolute atomic E-state index is 11.3. The average Bonchev–Trinajstić information content (AvgIpc) is 2.75. The van der Waals surface area contributed by atoms with E-state index >= 15 is 0 Å². The number of esters is 1. The van der Waals surface area contributed by atoms with Crippen molar-refractivity contribution < 1.29 is 24.4 Å². The fourth-order valence-electron chi connectivity index (χ4n) is 1.76. The lowest BCUT2D eigenvalue weighted by Crippen LogP contribution is -2.25. The number of hydrogen-bond acceptors (Lipinski definition) is 6. The van der Waals surface area contributed by atoms with Crippen molar-refractivity contribution in [2.45, 2.75) is 12.5 Å². The summed E-state index contributed by atoms with van der Waals surface area (Å²) in [6, 6.07) is 2.77. The van der Waals surface area contributed by atoms with Gasteiger partial charge in [-0.2, -0.15) is 0 Å². The number of anilines is 1. The van der Waals surface area contributed by atoms with Crippen LogP contribution < -0.4 is 5.32 Å². The number of nitro benzene ring substituents is 1. The SMILES string of the molecule is O=C(O)c1cc([N+](=O)[O-])ccc1NC1CCOC1=O. The Morgan fingerprint density at radius 2 is 2.26 bits per heavy atom. The molecule has 8 heteroatoms. The van der Waals surface area contributed by atoms with Crippen LogP contribution in [0.1, 0.15) is 16.8 Å². The van der Waals surface area contributed by atoms with Gasteiger partial charge in [0.2, 0.25) is 0 Å². The first-order chi connectivity index (χ1) is 8.99. The number of non-ortho nitro benzene ring substituents is 1. The second-order valence-electron chi connectivity index (χ2n) is 3.95. The van der Waals surface area contributed by atoms with Gasteiger partial charge in [0.05, 0.1) is 17.1 Å². The zero-order chi connectivity index (χ0) is 14.0. The van der Waals surface area contributed by atoms with Gasteiger partial charge in [-0.05, 0) is 6.07 Å². The third-order valence-corrected chi connectivity index (χ3v) is 2.71. The Kier molecular flexibility index (Phi) is 3.32. The molecule has 0 spiro atoms. The largest absolute Gasteiger partial charge is 0.478 e. The molecule has 1 saturated heterocycles. The van der Waals surface area contributed by atoms with Crippen molar-refractivity contribution in [3.05, 3.63) is 33.9 Å². The lowest BCUT2D eigenvalue weighted by atomic mass is 10.1. The van der Waals surface area contributed by atoms with Crippen molar-refractivity contribution >= 4 is 23.3 Å². The number of carboxylic acid groups (broad SMARTS) is 1. The van der Waals surface area contributed by atoms with Gasteiger partial charge in [-0.1, -0.05) is 0 Å². The van der Waals surface area contributed by atoms with E-state index in [0.717, 1.165) is 6.07 Å². The molecular formula is C11H10N2O6. The van der Waals surface area contributed by atoms with Crippen molar-refractivity contribution in [3.63, 3.8) is 0 Å². The zero-order valence-corrected chi connectivity index (χ0v) is 9.66. The summed E-state index contributed by atoms with van der Waals surface area (Å²) in [7, 11) is 0. The van der Waals surface area contributed by atoms with Crippen molar-refractivity contribution in [1.29, 1.82) is 0 Å². The van der Waals surface area contributed by atoms with E-state index in [-0.39, 0.29) is 23.5 Å². The molecule has 1 aromatic carbocycles. The van der Waals surface area contributed by atoms with Gasteiger partial charge in [-0.15, -0.1) is 0 Å². The fraction of sp³-hybridized carbons (Fsp3) is 0.273. The van der Waals surface area contributed by atoms with Crippen molar-refractivity contribution in [3.8, 4) is 0 Å². The fourth-order valence-corrected chi connectivity index (χ4v) is 1.76. The predicted molar refractivity (Wildman–Crippen MR) is 63.0 cm³/mol. The van der Waals surface area contributed by atoms with Gasteiger partial charge in [-0.3, -0.25) is 10.1 Å². The van der Waals surface area contributed by atoms with Gasteiger partial charge in [0.25, 0.3) is 5.69 Å². The average molecular weight is 266 g/mol. The van der Waals surface area contributed by atoms with Gasteiger partial charge < -0.3 is 15.2 Å². The molecular weight excluding hydrogens is 256 g/mol. The summed E-state index contributed by atoms with van der Waals surface area (Å²) in [5.41, 5.74) is -0.423. The summed E-state index contributed by atoms with van der Waals surface area (Å²) in [6.07, 6.45) is 0.425. The second-order valence-corrected chi connectivity index (χ2v) is 3.95. The molecule has 0 amide bonds. The van der Waals surface area contributed by atoms with Gasteiger partial charge in [0, 0.05) is 24.2 Å². The lowest BCUT2D eigenvalue weighted by molar-refractivity contribution is -0.384. The summed E-state index contributed by atoms with van der Waals surface area (Å²) in [5, 5.41) is 22.4. The first-order valence-corrected chi connectivity index (χ1v) is 5.44. The minimum absolute atomic E-state index is 0.155. The summed E-state index contributed by atoms with van der Waals surface area (Å²) in [4.78, 5) is 32.3. The Morgan fingerprint density at radius 3 is 2.79 bits per heavy atom. The number of aromatic carboxylic acids is 1. The molecule has 1 heterocycles. The van der Waals surface area contributed by atoms with Gasteiger partial charge in [-0.25, -0.2) is 9.59 Å². The van der Waals surface area contributed by atoms with E-state index in [9.17, 15) is 19.7 Å². The molecule has 0 radical (unpaired) electrons. The van der Waals surface area contributed by atoms with Gasteiger partial charge in [0.1, 0.15) is 6.04 Å². The predicted octanol–water partition coefficient (Wildman–Crippen LogP) is 1.02. The van der Waals surface area contributed by atoms with E-state index in [1.54, 1.807) is 0 Å². The molecule has 1 aromatic rings. The van der Waals surface area contributed by atoms with Crippen LogP contribution in [-0.4, -0.2) is 34.6 Å². The lowest BCUT2D eigenvalue weighted by Gasteiger charge is -2.12. The number of nitrogens with one attached hydrogen (secondary N) is 1. The Bertz CT molecular complexity index is 556. The number of cyclic esters (lactones) is 1. The Morgan fingerprint density at radius 1 is 1.53 bits per heavy atom. The van der Waals surface area contributed by atoms with Gasteiger partial charge >= 0.3 is 11.9 Å². The minimum atomic E-state index is -1.31. The molecule has 0 aromatic heterocycles. The maximum atomic E-state index is 11.3. The first kappa shape index (κ1) is 12.8. The van der Waals surface area contributed by atoms with E-state index in [1.165, 1.54) is 12.1 Å². The highest BCUT2D eigenvalue weighted by atomic mass is 16.6. The maximum Gasteiger partial charge on any atom is 0.338 e. The molecule has 1 unspecified atom stereocenters. The number of benzene rings is 1. The molecule has 100 valence electrons. The van der Waals surface area contributed by atoms with Crippen LogP contribution in [0.15, 0.2) is 18.2 Å². The standard InChI is InChI=1S/C11H10N2O6/c14-10(15)7-5-6(13(17)18)1-2-8(7)12-9-3-4-19-11(9)16/h1-2,5,9,12H,3-4H2,(H,14,15). The number of carbonyl (C=O) groups excluding carboxylic acids is 1. The third kappa shape index (κ3) is 2.62. The van der Waals surface area contributed by atoms with E-state index < -0.39 is 22.9 Å². The molecule has 0 saturated carbocycles. The molecule has 19 heavy (non-hydrogen) atoms. The van der Waals surface area contributed by atoms with Crippen LogP contribution in [0, 0.1) is 10.1 Å². The summed E-state index contributed by atoms with van der Waals surface area (Å²) in [5.74, 6) is -1.77. The number of carbonyl (C=O) groups is 2. The highest BCUT2D eigenvalue weighted by Gasteiger charge is 2.28. The third-order valence-electron chi connectivity index (χ3n) is 2.71. The van der Waals surface area contributed by atoms with E-state index in [0.29, 0.717) is 6.42 Å². The number of ether oxygens (including phenoxy) is 1. The quantitative estimate of drug-likeness (QED) is 0.474. The van der Waals surface area contributed by atoms with Crippen molar-refractivity contribution in [1.82, 2.24) is 0 Å². The first-order valence-electron chi connectivity index (χ1n) is 5.44. The number of rotatable bonds is 4. The van der Waals surface area contributed by atoms with E-state index in [2.05, 4.69) is 5.32 Å². The summed E-state index contributed by atoms with van der Waals surface area (Å²) >= 11 is 0. The van der Waals surface area contributed by atoms with Crippen molar-refractivity contribution in [2.75, 3.05) is 11.9 Å². The smallest absolute Gasteiger partial charge is 0.338 e. The van der Waals surface area contributed by atoms with Crippen LogP contribution in [-0.2, 0) is 9.53 Å². The molecule has 0 aliphatic carbocycles. The summed E-state index contributed by atoms with van der Waals surface area (Å²) in [6.45, 7) is 0.270. The highest BCUT2D eigenvalue weighted by molar-refractivity contribution is 5.96. The van der Waals surface area contributed by atoms with Crippen molar-refractivity contribution in [2.24, 2.45) is 0 Å². The normalized spacial score (nSPS) is 17.9. The minimum Gasteiger partial charge on any atom is -0.478 e. The van der Waals surface area contributed by atoms with E-state index in [1.807, 2.05) is 0 Å². The topological polar surface area (TPSA) is 119 Å². The van der Waals surface area contributed by atoms with Gasteiger partial charge in [0.15, 0.2) is 0 Å². The van der Waals surface area contributed by atoms with Crippen LogP contribution >= 0.6 is 0 Å². The number of nitro groups is 1. The Hall–Kier alpha value is -2.64. The monoisotopic (exact) mass is 266 g/mol. The highest BCUT2D eigenvalue weighted by Crippen LogP contribution is 2.24. The van der Waals surface area contributed by atoms with Crippen LogP contribution in [0.25, 0.3) is 0 Å². The number of hydrogen-bond donors (Lipinski definition) is 2. The molecule has 2 rings (SSSR count). The Balaban J connectivity index is 2.31. The molecule has 1 atom stereocenters. The number of carboxylic acids is 1. The van der Waals surface area contributed by atoms with Crippen LogP contribution in [0.4, 0.5) is 11.4 Å². The van der Waals surface area contributed by atoms with E-state index in [4.69, 9.17) is 9.84 Å².